The minimum Gasteiger partial charge on any atom is -0.426 e. The SMILES string of the molecule is CN1CCN(c2ccc3c(c2)OC(=O)C(c2nc(C(F)(F)F)cs2)C3)CC1. The predicted molar refractivity (Wildman–Crippen MR) is 95.3 cm³/mol. The van der Waals surface area contributed by atoms with Crippen LogP contribution in [0.1, 0.15) is 22.2 Å². The number of piperazine rings is 1. The van der Waals surface area contributed by atoms with Gasteiger partial charge in [0.1, 0.15) is 16.7 Å². The number of carbonyl (C=O) groups excluding carboxylic acids is 1. The van der Waals surface area contributed by atoms with E-state index in [1.807, 2.05) is 18.2 Å². The molecule has 1 aromatic carbocycles. The number of likely N-dealkylation sites (N-methyl/N-ethyl adjacent to an activating group) is 1. The molecule has 2 aliphatic rings. The second kappa shape index (κ2) is 6.79. The molecule has 1 fully saturated rings. The summed E-state index contributed by atoms with van der Waals surface area (Å²) in [5.41, 5.74) is 0.828. The van der Waals surface area contributed by atoms with Crippen LogP contribution in [0.2, 0.25) is 0 Å². The molecule has 2 aromatic rings. The molecular formula is C18H18F3N3O2S. The van der Waals surface area contributed by atoms with Crippen molar-refractivity contribution < 1.29 is 22.7 Å². The summed E-state index contributed by atoms with van der Waals surface area (Å²) in [5.74, 6) is -0.866. The Morgan fingerprint density at radius 2 is 1.96 bits per heavy atom. The molecule has 0 bridgehead atoms. The fourth-order valence-corrected chi connectivity index (χ4v) is 4.23. The van der Waals surface area contributed by atoms with Crippen molar-refractivity contribution in [3.63, 3.8) is 0 Å². The molecule has 9 heteroatoms. The molecule has 4 rings (SSSR count). The number of nitrogens with zero attached hydrogens (tertiary/aromatic N) is 3. The number of fused-ring (bicyclic) bond motifs is 1. The van der Waals surface area contributed by atoms with Gasteiger partial charge < -0.3 is 14.5 Å². The van der Waals surface area contributed by atoms with Crippen molar-refractivity contribution in [1.82, 2.24) is 9.88 Å². The zero-order valence-electron chi connectivity index (χ0n) is 14.6. The zero-order valence-corrected chi connectivity index (χ0v) is 15.4. The molecule has 144 valence electrons. The van der Waals surface area contributed by atoms with E-state index in [2.05, 4.69) is 21.8 Å². The van der Waals surface area contributed by atoms with Crippen LogP contribution >= 0.6 is 11.3 Å². The van der Waals surface area contributed by atoms with Crippen LogP contribution in [-0.4, -0.2) is 49.1 Å². The van der Waals surface area contributed by atoms with Gasteiger partial charge in [0.05, 0.1) is 0 Å². The van der Waals surface area contributed by atoms with E-state index in [0.29, 0.717) is 12.2 Å². The van der Waals surface area contributed by atoms with Crippen LogP contribution in [0.3, 0.4) is 0 Å². The van der Waals surface area contributed by atoms with Gasteiger partial charge in [-0.1, -0.05) is 6.07 Å². The van der Waals surface area contributed by atoms with Crippen LogP contribution < -0.4 is 9.64 Å². The highest BCUT2D eigenvalue weighted by Crippen LogP contribution is 2.38. The van der Waals surface area contributed by atoms with Crippen molar-refractivity contribution in [2.45, 2.75) is 18.5 Å². The van der Waals surface area contributed by atoms with E-state index in [1.165, 1.54) is 0 Å². The van der Waals surface area contributed by atoms with Gasteiger partial charge in [0, 0.05) is 43.3 Å². The van der Waals surface area contributed by atoms with Gasteiger partial charge in [0.2, 0.25) is 0 Å². The highest BCUT2D eigenvalue weighted by atomic mass is 32.1. The maximum absolute atomic E-state index is 12.8. The molecule has 5 nitrogen and oxygen atoms in total. The van der Waals surface area contributed by atoms with E-state index >= 15 is 0 Å². The predicted octanol–water partition coefficient (Wildman–Crippen LogP) is 3.16. The lowest BCUT2D eigenvalue weighted by molar-refractivity contribution is -0.141. The average molecular weight is 397 g/mol. The monoisotopic (exact) mass is 397 g/mol. The van der Waals surface area contributed by atoms with Crippen molar-refractivity contribution in [2.75, 3.05) is 38.1 Å². The Balaban J connectivity index is 1.54. The Morgan fingerprint density at radius 3 is 2.63 bits per heavy atom. The maximum atomic E-state index is 12.8. The zero-order chi connectivity index (χ0) is 19.2. The minimum absolute atomic E-state index is 0.140. The topological polar surface area (TPSA) is 45.7 Å². The lowest BCUT2D eigenvalue weighted by atomic mass is 9.96. The summed E-state index contributed by atoms with van der Waals surface area (Å²) in [4.78, 5) is 20.5. The van der Waals surface area contributed by atoms with E-state index in [0.717, 1.165) is 54.1 Å². The van der Waals surface area contributed by atoms with Crippen LogP contribution in [0.5, 0.6) is 5.75 Å². The van der Waals surface area contributed by atoms with E-state index in [9.17, 15) is 18.0 Å². The van der Waals surface area contributed by atoms with Crippen LogP contribution in [0.4, 0.5) is 18.9 Å². The molecule has 1 atom stereocenters. The molecule has 0 spiro atoms. The Kier molecular flexibility index (Phi) is 4.59. The van der Waals surface area contributed by atoms with Crippen molar-refractivity contribution >= 4 is 23.0 Å². The number of anilines is 1. The molecule has 1 aromatic heterocycles. The number of carbonyl (C=O) groups is 1. The quantitative estimate of drug-likeness (QED) is 0.576. The highest BCUT2D eigenvalue weighted by molar-refractivity contribution is 7.09. The fourth-order valence-electron chi connectivity index (χ4n) is 3.32. The van der Waals surface area contributed by atoms with Crippen LogP contribution in [-0.2, 0) is 17.4 Å². The minimum atomic E-state index is -4.51. The summed E-state index contributed by atoms with van der Waals surface area (Å²) in [7, 11) is 2.08. The molecule has 27 heavy (non-hydrogen) atoms. The number of hydrogen-bond donors (Lipinski definition) is 0. The molecule has 0 radical (unpaired) electrons. The third kappa shape index (κ3) is 3.66. The largest absolute Gasteiger partial charge is 0.434 e. The number of esters is 1. The molecule has 1 unspecified atom stereocenters. The second-order valence-corrected chi connectivity index (χ2v) is 7.72. The summed E-state index contributed by atoms with van der Waals surface area (Å²) < 4.78 is 43.8. The van der Waals surface area contributed by atoms with Crippen molar-refractivity contribution in [3.8, 4) is 5.75 Å². The summed E-state index contributed by atoms with van der Waals surface area (Å²) in [5, 5.41) is 1.08. The standard InChI is InChI=1S/C18H18F3N3O2S/c1-23-4-6-24(7-5-23)12-3-2-11-8-13(17(25)26-14(11)9-12)16-22-15(10-27-16)18(19,20)21/h2-3,9-10,13H,4-8H2,1H3. The smallest absolute Gasteiger partial charge is 0.426 e. The number of thiazole rings is 1. The van der Waals surface area contributed by atoms with Gasteiger partial charge in [0.15, 0.2) is 5.69 Å². The lowest BCUT2D eigenvalue weighted by Gasteiger charge is -2.34. The normalized spacial score (nSPS) is 21.1. The van der Waals surface area contributed by atoms with E-state index < -0.39 is 23.8 Å². The van der Waals surface area contributed by atoms with Gasteiger partial charge in [-0.05, 0) is 25.1 Å². The number of aromatic nitrogens is 1. The maximum Gasteiger partial charge on any atom is 0.434 e. The highest BCUT2D eigenvalue weighted by Gasteiger charge is 2.37. The van der Waals surface area contributed by atoms with Crippen molar-refractivity contribution in [2.24, 2.45) is 0 Å². The van der Waals surface area contributed by atoms with Crippen LogP contribution in [0.25, 0.3) is 0 Å². The molecular weight excluding hydrogens is 379 g/mol. The van der Waals surface area contributed by atoms with Gasteiger partial charge in [-0.25, -0.2) is 4.98 Å². The molecule has 0 N–H and O–H groups in total. The summed E-state index contributed by atoms with van der Waals surface area (Å²) in [6.07, 6.45) is -4.22. The number of halogens is 3. The Morgan fingerprint density at radius 1 is 1.22 bits per heavy atom. The van der Waals surface area contributed by atoms with Gasteiger partial charge in [-0.3, -0.25) is 4.79 Å². The van der Waals surface area contributed by atoms with Gasteiger partial charge >= 0.3 is 12.1 Å². The molecule has 1 saturated heterocycles. The average Bonchev–Trinajstić information content (AvgIpc) is 3.11. The fraction of sp³-hybridized carbons (Fsp3) is 0.444. The van der Waals surface area contributed by atoms with E-state index in [4.69, 9.17) is 4.74 Å². The van der Waals surface area contributed by atoms with Crippen LogP contribution in [0.15, 0.2) is 23.6 Å². The first-order chi connectivity index (χ1) is 12.8. The summed E-state index contributed by atoms with van der Waals surface area (Å²) in [6.45, 7) is 3.71. The third-order valence-electron chi connectivity index (χ3n) is 4.95. The Bertz CT molecular complexity index is 860. The van der Waals surface area contributed by atoms with Crippen molar-refractivity contribution in [1.29, 1.82) is 0 Å². The van der Waals surface area contributed by atoms with Gasteiger partial charge in [-0.2, -0.15) is 13.2 Å². The molecule has 2 aliphatic heterocycles. The number of hydrogen-bond acceptors (Lipinski definition) is 6. The third-order valence-corrected chi connectivity index (χ3v) is 5.91. The number of ether oxygens (including phenoxy) is 1. The number of alkyl halides is 3. The molecule has 0 saturated carbocycles. The molecule has 0 amide bonds. The molecule has 0 aliphatic carbocycles. The lowest BCUT2D eigenvalue weighted by Crippen LogP contribution is -2.44. The Hall–Kier alpha value is -2.13. The van der Waals surface area contributed by atoms with Gasteiger partial charge in [0.25, 0.3) is 0 Å². The first kappa shape index (κ1) is 18.2. The number of rotatable bonds is 2. The van der Waals surface area contributed by atoms with E-state index in [-0.39, 0.29) is 5.01 Å². The van der Waals surface area contributed by atoms with Crippen molar-refractivity contribution in [3.05, 3.63) is 39.8 Å². The summed E-state index contributed by atoms with van der Waals surface area (Å²) in [6, 6.07) is 5.71. The van der Waals surface area contributed by atoms with Gasteiger partial charge in [-0.15, -0.1) is 11.3 Å². The molecule has 3 heterocycles. The van der Waals surface area contributed by atoms with E-state index in [1.54, 1.807) is 0 Å². The summed E-state index contributed by atoms with van der Waals surface area (Å²) >= 11 is 0.843. The number of benzene rings is 1. The Labute approximate surface area is 158 Å². The first-order valence-corrected chi connectivity index (χ1v) is 9.50. The first-order valence-electron chi connectivity index (χ1n) is 8.62. The van der Waals surface area contributed by atoms with Crippen LogP contribution in [0, 0.1) is 0 Å². The second-order valence-electron chi connectivity index (χ2n) is 6.83.